The van der Waals surface area contributed by atoms with Gasteiger partial charge in [0.15, 0.2) is 12.6 Å². The van der Waals surface area contributed by atoms with Gasteiger partial charge in [0.1, 0.15) is 48.8 Å². The van der Waals surface area contributed by atoms with Crippen molar-refractivity contribution < 1.29 is 55.1 Å². The predicted octanol–water partition coefficient (Wildman–Crippen LogP) is -5.40. The van der Waals surface area contributed by atoms with Crippen LogP contribution in [0.3, 0.4) is 0 Å². The van der Waals surface area contributed by atoms with Crippen LogP contribution in [0.4, 0.5) is 0 Å². The Balaban J connectivity index is 2.11. The predicted molar refractivity (Wildman–Crippen MR) is 68.6 cm³/mol. The molecule has 0 radical (unpaired) electrons. The molecule has 2 rings (SSSR count). The molecule has 0 aliphatic carbocycles. The summed E-state index contributed by atoms with van der Waals surface area (Å²) >= 11 is 0. The summed E-state index contributed by atoms with van der Waals surface area (Å²) < 4.78 is 15.3. The molecule has 2 aliphatic rings. The third kappa shape index (κ3) is 3.65. The molecular weight excluding hydrogens is 320 g/mol. The summed E-state index contributed by atoms with van der Waals surface area (Å²) in [7, 11) is 0. The maximum Gasteiger partial charge on any atom is 0.187 e. The lowest BCUT2D eigenvalue weighted by atomic mass is 9.97. The highest BCUT2D eigenvalue weighted by molar-refractivity contribution is 4.93. The number of hydrogen-bond acceptors (Lipinski definition) is 11. The molecule has 0 spiro atoms. The van der Waals surface area contributed by atoms with Crippen molar-refractivity contribution in [1.29, 1.82) is 0 Å². The van der Waals surface area contributed by atoms with Gasteiger partial charge in [-0.2, -0.15) is 0 Å². The first-order valence-corrected chi connectivity index (χ1v) is 7.08. The second-order valence-electron chi connectivity index (χ2n) is 5.53. The van der Waals surface area contributed by atoms with Crippen molar-refractivity contribution in [2.45, 2.75) is 61.4 Å². The monoisotopic (exact) mass is 342 g/mol. The topological polar surface area (TPSA) is 190 Å². The first kappa shape index (κ1) is 18.9. The molecule has 0 aromatic carbocycles. The standard InChI is InChI=1S/C12H22O11/c13-1-3-5(15)6(16)9(19)12(22-3)23-10-4(2-14)21-11(20)8(18)7(10)17/h3-20H,1-2H2/t3-,4-,5+,6+,7?,8+,9-,10-,11?,12+/m1/s1. The van der Waals surface area contributed by atoms with Crippen molar-refractivity contribution in [1.82, 2.24) is 0 Å². The van der Waals surface area contributed by atoms with E-state index in [4.69, 9.17) is 19.3 Å². The van der Waals surface area contributed by atoms with Crippen molar-refractivity contribution in [3.63, 3.8) is 0 Å². The zero-order chi connectivity index (χ0) is 17.3. The molecule has 10 atom stereocenters. The first-order valence-electron chi connectivity index (χ1n) is 7.08. The van der Waals surface area contributed by atoms with Gasteiger partial charge in [0.05, 0.1) is 13.2 Å². The molecule has 0 aromatic rings. The molecule has 2 aliphatic heterocycles. The Hall–Kier alpha value is -0.440. The van der Waals surface area contributed by atoms with Crippen LogP contribution >= 0.6 is 0 Å². The van der Waals surface area contributed by atoms with Gasteiger partial charge in [-0.1, -0.05) is 0 Å². The molecule has 23 heavy (non-hydrogen) atoms. The fraction of sp³-hybridized carbons (Fsp3) is 1.00. The summed E-state index contributed by atoms with van der Waals surface area (Å²) in [5, 5.41) is 76.5. The Labute approximate surface area is 130 Å². The number of aliphatic hydroxyl groups excluding tert-OH is 8. The van der Waals surface area contributed by atoms with Gasteiger partial charge in [0.25, 0.3) is 0 Å². The Morgan fingerprint density at radius 2 is 1.26 bits per heavy atom. The van der Waals surface area contributed by atoms with Gasteiger partial charge in [0, 0.05) is 0 Å². The van der Waals surface area contributed by atoms with Crippen LogP contribution in [-0.2, 0) is 14.2 Å². The van der Waals surface area contributed by atoms with Gasteiger partial charge in [-0.25, -0.2) is 0 Å². The van der Waals surface area contributed by atoms with Crippen molar-refractivity contribution in [2.24, 2.45) is 0 Å². The maximum absolute atomic E-state index is 9.94. The SMILES string of the molecule is OC[C@H]1O[C@@H](O[C@H]2C(O)[C@H](O)C(O)O[C@@H]2CO)[C@H](O)[C@@H](O)[C@H]1O. The van der Waals surface area contributed by atoms with Crippen LogP contribution in [0.1, 0.15) is 0 Å². The highest BCUT2D eigenvalue weighted by atomic mass is 16.7. The molecule has 2 saturated heterocycles. The fourth-order valence-electron chi connectivity index (χ4n) is 2.57. The third-order valence-corrected chi connectivity index (χ3v) is 3.98. The van der Waals surface area contributed by atoms with E-state index in [2.05, 4.69) is 0 Å². The molecule has 0 amide bonds. The first-order chi connectivity index (χ1) is 10.8. The molecule has 0 saturated carbocycles. The number of aliphatic hydroxyl groups is 8. The molecule has 11 heteroatoms. The smallest absolute Gasteiger partial charge is 0.187 e. The molecule has 136 valence electrons. The molecule has 2 heterocycles. The summed E-state index contributed by atoms with van der Waals surface area (Å²) in [6.07, 6.45) is -15.6. The number of hydrogen-bond donors (Lipinski definition) is 8. The molecule has 0 bridgehead atoms. The van der Waals surface area contributed by atoms with Crippen LogP contribution < -0.4 is 0 Å². The average Bonchev–Trinajstić information content (AvgIpc) is 2.55. The van der Waals surface area contributed by atoms with Crippen molar-refractivity contribution in [3.8, 4) is 0 Å². The lowest BCUT2D eigenvalue weighted by Crippen LogP contribution is -2.64. The summed E-state index contributed by atoms with van der Waals surface area (Å²) in [6, 6.07) is 0. The molecule has 2 unspecified atom stereocenters. The third-order valence-electron chi connectivity index (χ3n) is 3.98. The van der Waals surface area contributed by atoms with Crippen molar-refractivity contribution in [2.75, 3.05) is 13.2 Å². The van der Waals surface area contributed by atoms with Crippen LogP contribution in [0.15, 0.2) is 0 Å². The van der Waals surface area contributed by atoms with Gasteiger partial charge < -0.3 is 55.1 Å². The van der Waals surface area contributed by atoms with Crippen LogP contribution in [-0.4, -0.2) is 115 Å². The number of rotatable bonds is 4. The summed E-state index contributed by atoms with van der Waals surface area (Å²) in [5.41, 5.74) is 0. The zero-order valence-corrected chi connectivity index (χ0v) is 12.0. The van der Waals surface area contributed by atoms with E-state index in [1.807, 2.05) is 0 Å². The van der Waals surface area contributed by atoms with Crippen molar-refractivity contribution in [3.05, 3.63) is 0 Å². The quantitative estimate of drug-likeness (QED) is 0.243. The van der Waals surface area contributed by atoms with E-state index in [1.165, 1.54) is 0 Å². The van der Waals surface area contributed by atoms with Gasteiger partial charge in [-0.15, -0.1) is 0 Å². The minimum atomic E-state index is -1.74. The lowest BCUT2D eigenvalue weighted by Gasteiger charge is -2.45. The highest BCUT2D eigenvalue weighted by Crippen LogP contribution is 2.28. The Morgan fingerprint density at radius 1 is 0.652 bits per heavy atom. The summed E-state index contributed by atoms with van der Waals surface area (Å²) in [4.78, 5) is 0. The normalized spacial score (nSPS) is 51.7. The van der Waals surface area contributed by atoms with Crippen LogP contribution in [0.25, 0.3) is 0 Å². The van der Waals surface area contributed by atoms with Crippen LogP contribution in [0.2, 0.25) is 0 Å². The van der Waals surface area contributed by atoms with Gasteiger partial charge in [-0.3, -0.25) is 0 Å². The van der Waals surface area contributed by atoms with E-state index in [9.17, 15) is 35.7 Å². The van der Waals surface area contributed by atoms with E-state index >= 15 is 0 Å². The zero-order valence-electron chi connectivity index (χ0n) is 12.0. The van der Waals surface area contributed by atoms with E-state index in [0.717, 1.165) is 0 Å². The van der Waals surface area contributed by atoms with Gasteiger partial charge in [-0.05, 0) is 0 Å². The maximum atomic E-state index is 9.94. The van der Waals surface area contributed by atoms with Gasteiger partial charge in [0.2, 0.25) is 0 Å². The Bertz CT molecular complexity index is 378. The molecule has 8 N–H and O–H groups in total. The fourth-order valence-corrected chi connectivity index (χ4v) is 2.57. The summed E-state index contributed by atoms with van der Waals surface area (Å²) in [5.74, 6) is 0. The number of ether oxygens (including phenoxy) is 3. The van der Waals surface area contributed by atoms with E-state index < -0.39 is 74.6 Å². The van der Waals surface area contributed by atoms with Gasteiger partial charge >= 0.3 is 0 Å². The molecule has 0 aromatic heterocycles. The molecule has 2 fully saturated rings. The lowest BCUT2D eigenvalue weighted by molar-refractivity contribution is -0.355. The largest absolute Gasteiger partial charge is 0.394 e. The second-order valence-corrected chi connectivity index (χ2v) is 5.53. The van der Waals surface area contributed by atoms with Crippen LogP contribution in [0.5, 0.6) is 0 Å². The summed E-state index contributed by atoms with van der Waals surface area (Å²) in [6.45, 7) is -1.35. The minimum absolute atomic E-state index is 0.667. The minimum Gasteiger partial charge on any atom is -0.394 e. The van der Waals surface area contributed by atoms with Crippen molar-refractivity contribution >= 4 is 0 Å². The second kappa shape index (κ2) is 7.63. The van der Waals surface area contributed by atoms with E-state index in [1.54, 1.807) is 0 Å². The van der Waals surface area contributed by atoms with Crippen LogP contribution in [0, 0.1) is 0 Å². The Kier molecular flexibility index (Phi) is 6.27. The van der Waals surface area contributed by atoms with E-state index in [0.29, 0.717) is 0 Å². The van der Waals surface area contributed by atoms with E-state index in [-0.39, 0.29) is 0 Å². The molecule has 11 nitrogen and oxygen atoms in total. The Morgan fingerprint density at radius 3 is 1.83 bits per heavy atom. The average molecular weight is 342 g/mol. The molecular formula is C12H22O11. The highest BCUT2D eigenvalue weighted by Gasteiger charge is 2.50.